The molecular weight excluding hydrogens is 440 g/mol. The number of sulfonamides is 1. The van der Waals surface area contributed by atoms with E-state index >= 15 is 0 Å². The summed E-state index contributed by atoms with van der Waals surface area (Å²) in [5, 5.41) is 5.05. The predicted octanol–water partition coefficient (Wildman–Crippen LogP) is -1.00. The molecule has 0 spiro atoms. The van der Waals surface area contributed by atoms with E-state index in [4.69, 9.17) is 14.2 Å². The van der Waals surface area contributed by atoms with Gasteiger partial charge in [0.1, 0.15) is 12.0 Å². The summed E-state index contributed by atoms with van der Waals surface area (Å²) in [5.74, 6) is -1.05. The summed E-state index contributed by atoms with van der Waals surface area (Å²) in [6.45, 7) is 4.34. The highest BCUT2D eigenvalue weighted by atomic mass is 32.2. The van der Waals surface area contributed by atoms with Crippen LogP contribution < -0.4 is 15.4 Å². The molecule has 2 aliphatic rings. The van der Waals surface area contributed by atoms with Gasteiger partial charge in [0.05, 0.1) is 38.4 Å². The molecule has 2 amide bonds. The second-order valence-electron chi connectivity index (χ2n) is 7.39. The van der Waals surface area contributed by atoms with Crippen LogP contribution in [0.15, 0.2) is 29.2 Å². The summed E-state index contributed by atoms with van der Waals surface area (Å²) in [5.41, 5.74) is 0. The SMILES string of the molecule is COc1ccc(S(=O)(=O)N2CCCO[C@@H]2CNC(=O)C(=O)NCCN2CCOCC2)cc1. The number of rotatable bonds is 8. The van der Waals surface area contributed by atoms with E-state index in [-0.39, 0.29) is 18.0 Å². The average Bonchev–Trinajstić information content (AvgIpc) is 2.83. The number of morpholine rings is 1. The van der Waals surface area contributed by atoms with Gasteiger partial charge in [0.2, 0.25) is 10.0 Å². The third-order valence-corrected chi connectivity index (χ3v) is 7.18. The quantitative estimate of drug-likeness (QED) is 0.463. The molecule has 32 heavy (non-hydrogen) atoms. The van der Waals surface area contributed by atoms with Crippen LogP contribution >= 0.6 is 0 Å². The van der Waals surface area contributed by atoms with Gasteiger partial charge in [-0.15, -0.1) is 0 Å². The van der Waals surface area contributed by atoms with Crippen LogP contribution in [0.2, 0.25) is 0 Å². The molecule has 2 N–H and O–H groups in total. The zero-order chi connectivity index (χ0) is 23.0. The fourth-order valence-corrected chi connectivity index (χ4v) is 5.04. The van der Waals surface area contributed by atoms with Crippen molar-refractivity contribution in [1.29, 1.82) is 0 Å². The van der Waals surface area contributed by atoms with Crippen molar-refractivity contribution in [2.75, 3.05) is 66.2 Å². The van der Waals surface area contributed by atoms with Gasteiger partial charge in [-0.2, -0.15) is 4.31 Å². The maximum absolute atomic E-state index is 13.1. The molecule has 3 rings (SSSR count). The normalized spacial score (nSPS) is 20.5. The molecule has 12 heteroatoms. The predicted molar refractivity (Wildman–Crippen MR) is 115 cm³/mol. The second-order valence-corrected chi connectivity index (χ2v) is 9.28. The summed E-state index contributed by atoms with van der Waals surface area (Å²) in [7, 11) is -2.35. The Balaban J connectivity index is 1.51. The second kappa shape index (κ2) is 11.6. The molecule has 1 aromatic rings. The lowest BCUT2D eigenvalue weighted by Gasteiger charge is -2.34. The van der Waals surface area contributed by atoms with Crippen LogP contribution in [0.1, 0.15) is 6.42 Å². The van der Waals surface area contributed by atoms with E-state index in [0.29, 0.717) is 45.1 Å². The van der Waals surface area contributed by atoms with Crippen LogP contribution in [0.5, 0.6) is 5.75 Å². The minimum absolute atomic E-state index is 0.0981. The summed E-state index contributed by atoms with van der Waals surface area (Å²) in [6.07, 6.45) is -0.372. The van der Waals surface area contributed by atoms with Gasteiger partial charge in [-0.25, -0.2) is 8.42 Å². The Labute approximate surface area is 188 Å². The first-order valence-corrected chi connectivity index (χ1v) is 12.0. The summed E-state index contributed by atoms with van der Waals surface area (Å²) >= 11 is 0. The van der Waals surface area contributed by atoms with Gasteiger partial charge < -0.3 is 24.8 Å². The molecule has 0 radical (unpaired) electrons. The molecule has 0 saturated carbocycles. The maximum Gasteiger partial charge on any atom is 0.309 e. The molecule has 2 fully saturated rings. The van der Waals surface area contributed by atoms with E-state index in [0.717, 1.165) is 13.1 Å². The number of ether oxygens (including phenoxy) is 3. The van der Waals surface area contributed by atoms with Crippen molar-refractivity contribution in [3.05, 3.63) is 24.3 Å². The van der Waals surface area contributed by atoms with Crippen LogP contribution in [-0.2, 0) is 29.1 Å². The average molecular weight is 471 g/mol. The van der Waals surface area contributed by atoms with Crippen molar-refractivity contribution in [1.82, 2.24) is 19.8 Å². The Kier molecular flexibility index (Phi) is 8.82. The van der Waals surface area contributed by atoms with Gasteiger partial charge in [-0.3, -0.25) is 14.5 Å². The van der Waals surface area contributed by atoms with Gasteiger partial charge in [0, 0.05) is 32.7 Å². The highest BCUT2D eigenvalue weighted by Crippen LogP contribution is 2.23. The zero-order valence-electron chi connectivity index (χ0n) is 18.1. The van der Waals surface area contributed by atoms with Crippen molar-refractivity contribution in [2.45, 2.75) is 17.5 Å². The molecule has 0 unspecified atom stereocenters. The molecule has 0 aromatic heterocycles. The molecule has 0 aliphatic carbocycles. The highest BCUT2D eigenvalue weighted by Gasteiger charge is 2.35. The third kappa shape index (κ3) is 6.39. The van der Waals surface area contributed by atoms with Crippen molar-refractivity contribution in [3.63, 3.8) is 0 Å². The highest BCUT2D eigenvalue weighted by molar-refractivity contribution is 7.89. The lowest BCUT2D eigenvalue weighted by atomic mass is 10.3. The number of hydrogen-bond donors (Lipinski definition) is 2. The fourth-order valence-electron chi connectivity index (χ4n) is 3.48. The molecule has 2 saturated heterocycles. The molecule has 1 aromatic carbocycles. The van der Waals surface area contributed by atoms with Crippen LogP contribution in [0.3, 0.4) is 0 Å². The Morgan fingerprint density at radius 3 is 2.44 bits per heavy atom. The number of methoxy groups -OCH3 is 1. The standard InChI is InChI=1S/C20H30N4O7S/c1-29-16-3-5-17(6-4-16)32(27,28)24-8-2-12-31-18(24)15-22-20(26)19(25)21-7-9-23-10-13-30-14-11-23/h3-6,18H,2,7-15H2,1H3,(H,21,25)(H,22,26)/t18-/m1/s1. The molecule has 11 nitrogen and oxygen atoms in total. The summed E-state index contributed by atoms with van der Waals surface area (Å²) in [4.78, 5) is 26.5. The largest absolute Gasteiger partial charge is 0.497 e. The third-order valence-electron chi connectivity index (χ3n) is 5.28. The number of benzene rings is 1. The summed E-state index contributed by atoms with van der Waals surface area (Å²) < 4.78 is 43.3. The molecular formula is C20H30N4O7S. The van der Waals surface area contributed by atoms with E-state index in [1.807, 2.05) is 0 Å². The lowest BCUT2D eigenvalue weighted by Crippen LogP contribution is -2.53. The Bertz CT molecular complexity index is 872. The zero-order valence-corrected chi connectivity index (χ0v) is 18.9. The number of nitrogens with zero attached hydrogens (tertiary/aromatic N) is 2. The van der Waals surface area contributed by atoms with Crippen LogP contribution in [0.4, 0.5) is 0 Å². The van der Waals surface area contributed by atoms with Crippen LogP contribution in [-0.4, -0.2) is 102 Å². The molecule has 178 valence electrons. The minimum Gasteiger partial charge on any atom is -0.497 e. The van der Waals surface area contributed by atoms with Gasteiger partial charge in [-0.05, 0) is 30.7 Å². The van der Waals surface area contributed by atoms with E-state index in [2.05, 4.69) is 15.5 Å². The van der Waals surface area contributed by atoms with Crippen molar-refractivity contribution in [2.24, 2.45) is 0 Å². The van der Waals surface area contributed by atoms with Gasteiger partial charge in [0.25, 0.3) is 0 Å². The van der Waals surface area contributed by atoms with Crippen LogP contribution in [0.25, 0.3) is 0 Å². The monoisotopic (exact) mass is 470 g/mol. The van der Waals surface area contributed by atoms with E-state index in [1.165, 1.54) is 23.5 Å². The first kappa shape index (κ1) is 24.4. The van der Waals surface area contributed by atoms with Crippen molar-refractivity contribution in [3.8, 4) is 5.75 Å². The van der Waals surface area contributed by atoms with Gasteiger partial charge in [0.15, 0.2) is 0 Å². The molecule has 2 heterocycles. The smallest absolute Gasteiger partial charge is 0.309 e. The number of nitrogens with one attached hydrogen (secondary N) is 2. The van der Waals surface area contributed by atoms with E-state index < -0.39 is 28.1 Å². The number of carbonyl (C=O) groups is 2. The molecule has 2 aliphatic heterocycles. The summed E-state index contributed by atoms with van der Waals surface area (Å²) in [6, 6.07) is 6.05. The van der Waals surface area contributed by atoms with Gasteiger partial charge in [-0.1, -0.05) is 0 Å². The van der Waals surface area contributed by atoms with Crippen molar-refractivity contribution >= 4 is 21.8 Å². The number of hydrogen-bond acceptors (Lipinski definition) is 8. The minimum atomic E-state index is -3.85. The Hall–Kier alpha value is -2.25. The van der Waals surface area contributed by atoms with E-state index in [1.54, 1.807) is 12.1 Å². The topological polar surface area (TPSA) is 127 Å². The fraction of sp³-hybridized carbons (Fsp3) is 0.600. The first-order valence-electron chi connectivity index (χ1n) is 10.6. The molecule has 1 atom stereocenters. The van der Waals surface area contributed by atoms with E-state index in [9.17, 15) is 18.0 Å². The van der Waals surface area contributed by atoms with Crippen LogP contribution in [0, 0.1) is 0 Å². The van der Waals surface area contributed by atoms with Gasteiger partial charge >= 0.3 is 11.8 Å². The maximum atomic E-state index is 13.1. The number of amides is 2. The van der Waals surface area contributed by atoms with Crippen molar-refractivity contribution < 1.29 is 32.2 Å². The number of carbonyl (C=O) groups excluding carboxylic acids is 2. The Morgan fingerprint density at radius 1 is 1.06 bits per heavy atom. The molecule has 0 bridgehead atoms. The first-order chi connectivity index (χ1) is 15.4. The Morgan fingerprint density at radius 2 is 1.75 bits per heavy atom. The lowest BCUT2D eigenvalue weighted by molar-refractivity contribution is -0.140.